The predicted octanol–water partition coefficient (Wildman–Crippen LogP) is 6.66. The fourth-order valence-corrected chi connectivity index (χ4v) is 7.52. The van der Waals surface area contributed by atoms with Crippen LogP contribution in [-0.4, -0.2) is 95.3 Å². The molecule has 2 fully saturated rings. The van der Waals surface area contributed by atoms with Crippen LogP contribution < -0.4 is 15.4 Å². The summed E-state index contributed by atoms with van der Waals surface area (Å²) in [7, 11) is 3.81. The van der Waals surface area contributed by atoms with E-state index in [-0.39, 0.29) is 5.91 Å². The molecule has 1 amide bonds. The molecule has 0 bridgehead atoms. The number of aromatic nitrogens is 2. The molecule has 9 nitrogen and oxygen atoms in total. The Morgan fingerprint density at radius 1 is 1.07 bits per heavy atom. The summed E-state index contributed by atoms with van der Waals surface area (Å²) in [6.45, 7) is 14.5. The highest BCUT2D eigenvalue weighted by Gasteiger charge is 2.29. The first-order valence-corrected chi connectivity index (χ1v) is 17.2. The number of carbonyl (C=O) groups is 1. The van der Waals surface area contributed by atoms with Crippen molar-refractivity contribution in [3.8, 4) is 5.75 Å². The highest BCUT2D eigenvalue weighted by Crippen LogP contribution is 2.35. The van der Waals surface area contributed by atoms with Gasteiger partial charge in [0.1, 0.15) is 5.75 Å². The Morgan fingerprint density at radius 2 is 1.82 bits per heavy atom. The van der Waals surface area contributed by atoms with Crippen molar-refractivity contribution in [2.75, 3.05) is 64.1 Å². The molecule has 44 heavy (non-hydrogen) atoms. The van der Waals surface area contributed by atoms with Gasteiger partial charge in [-0.25, -0.2) is 4.98 Å². The van der Waals surface area contributed by atoms with E-state index >= 15 is 0 Å². The SMILES string of the molecule is C/C=C(Nc1nc(Nc2ccc(C(=O)N3CCC(N4CCN(C)CC4)CC3)cc2OC)nc2ccsc12)\C(=C/C)SC(C)C. The van der Waals surface area contributed by atoms with Gasteiger partial charge in [-0.2, -0.15) is 4.98 Å². The molecule has 2 aliphatic heterocycles. The minimum Gasteiger partial charge on any atom is -0.495 e. The van der Waals surface area contributed by atoms with Crippen molar-refractivity contribution in [2.45, 2.75) is 51.8 Å². The molecule has 5 rings (SSSR count). The van der Waals surface area contributed by atoms with Gasteiger partial charge in [-0.15, -0.1) is 23.1 Å². The van der Waals surface area contributed by atoms with Crippen molar-refractivity contribution in [1.29, 1.82) is 0 Å². The van der Waals surface area contributed by atoms with Gasteiger partial charge in [0.05, 0.1) is 23.0 Å². The Labute approximate surface area is 269 Å². The van der Waals surface area contributed by atoms with Crippen LogP contribution >= 0.6 is 23.1 Å². The van der Waals surface area contributed by atoms with E-state index < -0.39 is 0 Å². The molecule has 11 heteroatoms. The van der Waals surface area contributed by atoms with Crippen LogP contribution in [0.5, 0.6) is 5.75 Å². The molecule has 0 atom stereocenters. The highest BCUT2D eigenvalue weighted by atomic mass is 32.2. The van der Waals surface area contributed by atoms with Gasteiger partial charge in [0.15, 0.2) is 5.82 Å². The standard InChI is InChI=1S/C33H45N7O2S2/c1-7-25(29(8-2)44-22(3)4)34-31-30-27(13-20-43-30)36-33(37-31)35-26-10-9-23(21-28(26)42-6)32(41)40-14-11-24(12-15-40)39-18-16-38(5)17-19-39/h7-10,13,20-22,24H,11-12,14-19H2,1-6H3,(H2,34,35,36,37)/b25-7+,29-8+. The molecule has 2 aliphatic rings. The third-order valence-corrected chi connectivity index (χ3v) is 10.3. The van der Waals surface area contributed by atoms with E-state index in [0.29, 0.717) is 34.2 Å². The Hall–Kier alpha value is -3.12. The van der Waals surface area contributed by atoms with Gasteiger partial charge in [0, 0.05) is 66.7 Å². The van der Waals surface area contributed by atoms with E-state index in [2.05, 4.69) is 60.4 Å². The van der Waals surface area contributed by atoms with Gasteiger partial charge in [0.25, 0.3) is 5.91 Å². The smallest absolute Gasteiger partial charge is 0.253 e. The van der Waals surface area contributed by atoms with Gasteiger partial charge in [-0.05, 0) is 63.4 Å². The molecule has 236 valence electrons. The summed E-state index contributed by atoms with van der Waals surface area (Å²) in [5.74, 6) is 1.82. The number of methoxy groups -OCH3 is 1. The molecule has 3 aromatic rings. The number of nitrogens with zero attached hydrogens (tertiary/aromatic N) is 5. The minimum absolute atomic E-state index is 0.0482. The van der Waals surface area contributed by atoms with Gasteiger partial charge >= 0.3 is 0 Å². The van der Waals surface area contributed by atoms with Crippen molar-refractivity contribution >= 4 is 56.7 Å². The van der Waals surface area contributed by atoms with E-state index in [1.54, 1.807) is 18.4 Å². The summed E-state index contributed by atoms with van der Waals surface area (Å²) in [6.07, 6.45) is 6.24. The zero-order valence-electron chi connectivity index (χ0n) is 26.7. The molecule has 0 spiro atoms. The molecular formula is C33H45N7O2S2. The number of fused-ring (bicyclic) bond motifs is 1. The highest BCUT2D eigenvalue weighted by molar-refractivity contribution is 8.03. The molecule has 1 aromatic carbocycles. The van der Waals surface area contributed by atoms with Crippen LogP contribution in [0, 0.1) is 0 Å². The van der Waals surface area contributed by atoms with E-state index in [9.17, 15) is 4.79 Å². The quantitative estimate of drug-likeness (QED) is 0.238. The number of hydrogen-bond acceptors (Lipinski definition) is 10. The Bertz CT molecular complexity index is 1500. The first kappa shape index (κ1) is 32.3. The molecule has 2 N–H and O–H groups in total. The first-order valence-electron chi connectivity index (χ1n) is 15.5. The van der Waals surface area contributed by atoms with Gasteiger partial charge in [-0.1, -0.05) is 26.0 Å². The molecule has 4 heterocycles. The maximum atomic E-state index is 13.5. The number of piperidine rings is 1. The molecule has 0 saturated carbocycles. The largest absolute Gasteiger partial charge is 0.495 e. The average Bonchev–Trinajstić information content (AvgIpc) is 3.52. The lowest BCUT2D eigenvalue weighted by Crippen LogP contribution is -2.52. The van der Waals surface area contributed by atoms with E-state index in [1.807, 2.05) is 53.2 Å². The number of hydrogen-bond donors (Lipinski definition) is 2. The van der Waals surface area contributed by atoms with Crippen LogP contribution in [0.25, 0.3) is 10.2 Å². The van der Waals surface area contributed by atoms with E-state index in [1.165, 1.54) is 4.91 Å². The second-order valence-corrected chi connectivity index (χ2v) is 14.1. The van der Waals surface area contributed by atoms with E-state index in [4.69, 9.17) is 14.7 Å². The number of piperazine rings is 1. The zero-order chi connectivity index (χ0) is 31.2. The van der Waals surface area contributed by atoms with Gasteiger partial charge in [-0.3, -0.25) is 9.69 Å². The minimum atomic E-state index is 0.0482. The first-order chi connectivity index (χ1) is 21.3. The topological polar surface area (TPSA) is 85.9 Å². The maximum absolute atomic E-state index is 13.5. The number of thioether (sulfide) groups is 1. The number of nitrogens with one attached hydrogen (secondary N) is 2. The number of amides is 1. The Kier molecular flexibility index (Phi) is 10.8. The van der Waals surface area contributed by atoms with Crippen molar-refractivity contribution in [2.24, 2.45) is 0 Å². The molecule has 0 unspecified atom stereocenters. The van der Waals surface area contributed by atoms with Crippen LogP contribution in [0.1, 0.15) is 50.9 Å². The lowest BCUT2D eigenvalue weighted by molar-refractivity contribution is 0.0518. The zero-order valence-corrected chi connectivity index (χ0v) is 28.4. The number of rotatable bonds is 10. The third kappa shape index (κ3) is 7.56. The molecule has 2 aromatic heterocycles. The number of carbonyl (C=O) groups excluding carboxylic acids is 1. The van der Waals surface area contributed by atoms with Crippen LogP contribution in [0.3, 0.4) is 0 Å². The number of allylic oxidation sites excluding steroid dienone is 2. The summed E-state index contributed by atoms with van der Waals surface area (Å²) >= 11 is 3.42. The van der Waals surface area contributed by atoms with Crippen LogP contribution in [0.4, 0.5) is 17.5 Å². The maximum Gasteiger partial charge on any atom is 0.253 e. The second kappa shape index (κ2) is 14.8. The number of ether oxygens (including phenoxy) is 1. The number of benzene rings is 1. The summed E-state index contributed by atoms with van der Waals surface area (Å²) < 4.78 is 6.73. The normalized spacial score (nSPS) is 17.8. The lowest BCUT2D eigenvalue weighted by Gasteiger charge is -2.42. The lowest BCUT2D eigenvalue weighted by atomic mass is 10.0. The van der Waals surface area contributed by atoms with E-state index in [0.717, 1.165) is 73.8 Å². The number of thiophene rings is 1. The molecule has 0 aliphatic carbocycles. The molecular weight excluding hydrogens is 591 g/mol. The monoisotopic (exact) mass is 635 g/mol. The summed E-state index contributed by atoms with van der Waals surface area (Å²) in [5.41, 5.74) is 3.20. The Balaban J connectivity index is 1.29. The summed E-state index contributed by atoms with van der Waals surface area (Å²) in [6, 6.07) is 8.13. The van der Waals surface area contributed by atoms with Crippen LogP contribution in [0.2, 0.25) is 0 Å². The number of likely N-dealkylation sites (tertiary alicyclic amines) is 1. The fraction of sp³-hybridized carbons (Fsp3) is 0.485. The molecule has 2 saturated heterocycles. The van der Waals surface area contributed by atoms with Crippen molar-refractivity contribution in [1.82, 2.24) is 24.7 Å². The Morgan fingerprint density at radius 3 is 2.48 bits per heavy atom. The van der Waals surface area contributed by atoms with Crippen molar-refractivity contribution < 1.29 is 9.53 Å². The fourth-order valence-electron chi connectivity index (χ4n) is 5.80. The third-order valence-electron chi connectivity index (χ3n) is 8.24. The molecule has 0 radical (unpaired) electrons. The van der Waals surface area contributed by atoms with Crippen molar-refractivity contribution in [3.05, 3.63) is 58.0 Å². The second-order valence-electron chi connectivity index (χ2n) is 11.6. The van der Waals surface area contributed by atoms with Gasteiger partial charge < -0.3 is 25.2 Å². The summed E-state index contributed by atoms with van der Waals surface area (Å²) in [5, 5.41) is 9.39. The van der Waals surface area contributed by atoms with Crippen LogP contribution in [0.15, 0.2) is 52.4 Å². The number of likely N-dealkylation sites (N-methyl/N-ethyl adjacent to an activating group) is 1. The predicted molar refractivity (Wildman–Crippen MR) is 186 cm³/mol. The van der Waals surface area contributed by atoms with Crippen molar-refractivity contribution in [3.63, 3.8) is 0 Å². The number of anilines is 3. The van der Waals surface area contributed by atoms with Gasteiger partial charge in [0.2, 0.25) is 5.95 Å². The average molecular weight is 636 g/mol. The van der Waals surface area contributed by atoms with Crippen LogP contribution in [-0.2, 0) is 0 Å². The summed E-state index contributed by atoms with van der Waals surface area (Å²) in [4.78, 5) is 31.3.